The maximum absolute atomic E-state index is 6.58. The third-order valence-corrected chi connectivity index (χ3v) is 9.52. The molecule has 0 bridgehead atoms. The van der Waals surface area contributed by atoms with Crippen LogP contribution in [-0.4, -0.2) is 15.0 Å². The van der Waals surface area contributed by atoms with Crippen LogP contribution >= 0.6 is 0 Å². The molecule has 4 heteroatoms. The molecular weight excluding hydrogens is 599 g/mol. The topological polar surface area (TPSA) is 51.8 Å². The van der Waals surface area contributed by atoms with Gasteiger partial charge < -0.3 is 4.42 Å². The van der Waals surface area contributed by atoms with Gasteiger partial charge in [0.1, 0.15) is 11.2 Å². The van der Waals surface area contributed by atoms with Gasteiger partial charge in [-0.2, -0.15) is 0 Å². The first-order valence-corrected chi connectivity index (χ1v) is 16.4. The molecule has 2 aromatic heterocycles. The Bertz CT molecular complexity index is 2880. The highest BCUT2D eigenvalue weighted by molar-refractivity contribution is 6.18. The summed E-state index contributed by atoms with van der Waals surface area (Å²) >= 11 is 0. The zero-order valence-electron chi connectivity index (χ0n) is 26.3. The fraction of sp³-hybridized carbons (Fsp3) is 0. The van der Waals surface area contributed by atoms with E-state index in [9.17, 15) is 0 Å². The lowest BCUT2D eigenvalue weighted by atomic mass is 9.96. The highest BCUT2D eigenvalue weighted by atomic mass is 16.3. The number of aromatic nitrogens is 3. The molecule has 0 radical (unpaired) electrons. The molecule has 4 nitrogen and oxygen atoms in total. The predicted molar refractivity (Wildman–Crippen MR) is 201 cm³/mol. The van der Waals surface area contributed by atoms with Crippen molar-refractivity contribution >= 4 is 54.3 Å². The van der Waals surface area contributed by atoms with Crippen LogP contribution < -0.4 is 0 Å². The Hall–Kier alpha value is -6.65. The fourth-order valence-corrected chi connectivity index (χ4v) is 7.16. The molecule has 0 atom stereocenters. The smallest absolute Gasteiger partial charge is 0.164 e. The number of hydrogen-bond donors (Lipinski definition) is 0. The Labute approximate surface area is 282 Å². The molecule has 0 aliphatic heterocycles. The van der Waals surface area contributed by atoms with Gasteiger partial charge in [-0.25, -0.2) is 15.0 Å². The predicted octanol–water partition coefficient (Wildman–Crippen LogP) is 11.9. The van der Waals surface area contributed by atoms with Gasteiger partial charge in [0.25, 0.3) is 0 Å². The van der Waals surface area contributed by atoms with Gasteiger partial charge in [0, 0.05) is 33.0 Å². The summed E-state index contributed by atoms with van der Waals surface area (Å²) in [5.41, 5.74) is 6.53. The van der Waals surface area contributed by atoms with Crippen LogP contribution in [0.25, 0.3) is 99.5 Å². The summed E-state index contributed by atoms with van der Waals surface area (Å²) in [6.45, 7) is 0. The lowest BCUT2D eigenvalue weighted by molar-refractivity contribution is 0.670. The van der Waals surface area contributed by atoms with Crippen LogP contribution in [0.15, 0.2) is 168 Å². The number of fused-ring (bicyclic) bond motifs is 8. The number of hydrogen-bond acceptors (Lipinski definition) is 4. The standard InChI is InChI=1S/C45H27N3O/c1-3-11-28(12-4-1)34-25-26-38(41-37-17-9-10-18-40(37)49-42(34)41)45-47-43(31-14-5-2-6-15-31)46-44(48-45)32-20-19-30-22-23-35-33-16-8-7-13-29(33)21-24-36(35)39(30)27-32/h1-27H. The van der Waals surface area contributed by atoms with Crippen molar-refractivity contribution in [2.45, 2.75) is 0 Å². The third kappa shape index (κ3) is 4.49. The Balaban J connectivity index is 1.23. The maximum Gasteiger partial charge on any atom is 0.164 e. The van der Waals surface area contributed by atoms with Crippen molar-refractivity contribution in [1.29, 1.82) is 0 Å². The molecule has 0 aliphatic rings. The van der Waals surface area contributed by atoms with Gasteiger partial charge in [0.2, 0.25) is 0 Å². The van der Waals surface area contributed by atoms with E-state index in [1.807, 2.05) is 54.6 Å². The molecule has 8 aromatic carbocycles. The van der Waals surface area contributed by atoms with Crippen LogP contribution in [0, 0.1) is 0 Å². The van der Waals surface area contributed by atoms with Gasteiger partial charge in [-0.1, -0.05) is 140 Å². The summed E-state index contributed by atoms with van der Waals surface area (Å²) in [7, 11) is 0. The second-order valence-electron chi connectivity index (χ2n) is 12.4. The molecule has 10 aromatic rings. The van der Waals surface area contributed by atoms with E-state index >= 15 is 0 Å². The molecular formula is C45H27N3O. The molecule has 0 saturated carbocycles. The third-order valence-electron chi connectivity index (χ3n) is 9.52. The minimum atomic E-state index is 0.601. The van der Waals surface area contributed by atoms with Gasteiger partial charge >= 0.3 is 0 Å². The SMILES string of the molecule is c1ccc(-c2nc(-c3ccc4ccc5c6ccccc6ccc5c4c3)nc(-c3ccc(-c4ccccc4)c4oc5ccccc5c34)n2)cc1. The zero-order chi connectivity index (χ0) is 32.3. The largest absolute Gasteiger partial charge is 0.455 e. The van der Waals surface area contributed by atoms with Crippen LogP contribution in [0.3, 0.4) is 0 Å². The normalized spacial score (nSPS) is 11.7. The van der Waals surface area contributed by atoms with Crippen molar-refractivity contribution in [2.75, 3.05) is 0 Å². The van der Waals surface area contributed by atoms with E-state index in [-0.39, 0.29) is 0 Å². The van der Waals surface area contributed by atoms with E-state index in [0.29, 0.717) is 17.5 Å². The van der Waals surface area contributed by atoms with Crippen molar-refractivity contribution in [3.05, 3.63) is 164 Å². The molecule has 0 unspecified atom stereocenters. The highest BCUT2D eigenvalue weighted by Crippen LogP contribution is 2.42. The molecule has 10 rings (SSSR count). The summed E-state index contributed by atoms with van der Waals surface area (Å²) in [6.07, 6.45) is 0. The van der Waals surface area contributed by atoms with Gasteiger partial charge in [-0.05, 0) is 62.1 Å². The summed E-state index contributed by atoms with van der Waals surface area (Å²) in [4.78, 5) is 15.4. The molecule has 2 heterocycles. The van der Waals surface area contributed by atoms with Crippen LogP contribution in [0.1, 0.15) is 0 Å². The van der Waals surface area contributed by atoms with E-state index in [1.54, 1.807) is 0 Å². The average molecular weight is 626 g/mol. The van der Waals surface area contributed by atoms with E-state index in [1.165, 1.54) is 32.3 Å². The summed E-state index contributed by atoms with van der Waals surface area (Å²) in [5.74, 6) is 1.85. The summed E-state index contributed by atoms with van der Waals surface area (Å²) < 4.78 is 6.58. The van der Waals surface area contributed by atoms with Crippen LogP contribution in [0.5, 0.6) is 0 Å². The molecule has 0 spiro atoms. The molecule has 49 heavy (non-hydrogen) atoms. The Kier molecular flexibility index (Phi) is 6.15. The average Bonchev–Trinajstić information content (AvgIpc) is 3.57. The Morgan fingerprint density at radius 3 is 1.71 bits per heavy atom. The molecule has 0 amide bonds. The lowest BCUT2D eigenvalue weighted by Crippen LogP contribution is -2.00. The van der Waals surface area contributed by atoms with Crippen molar-refractivity contribution in [1.82, 2.24) is 15.0 Å². The molecule has 0 fully saturated rings. The summed E-state index contributed by atoms with van der Waals surface area (Å²) in [5, 5.41) is 9.28. The Morgan fingerprint density at radius 1 is 0.347 bits per heavy atom. The van der Waals surface area contributed by atoms with Crippen molar-refractivity contribution < 1.29 is 4.42 Å². The van der Waals surface area contributed by atoms with E-state index < -0.39 is 0 Å². The molecule has 0 saturated heterocycles. The van der Waals surface area contributed by atoms with Gasteiger partial charge in [0.05, 0.1) is 0 Å². The maximum atomic E-state index is 6.58. The number of para-hydroxylation sites is 1. The zero-order valence-corrected chi connectivity index (χ0v) is 26.3. The first-order valence-electron chi connectivity index (χ1n) is 16.4. The summed E-state index contributed by atoms with van der Waals surface area (Å²) in [6, 6.07) is 56.9. The first kappa shape index (κ1) is 27.5. The molecule has 0 N–H and O–H groups in total. The molecule has 0 aliphatic carbocycles. The minimum absolute atomic E-state index is 0.601. The number of rotatable bonds is 4. The number of benzene rings is 8. The lowest BCUT2D eigenvalue weighted by Gasteiger charge is -2.12. The van der Waals surface area contributed by atoms with Crippen molar-refractivity contribution in [3.8, 4) is 45.3 Å². The van der Waals surface area contributed by atoms with Crippen LogP contribution in [-0.2, 0) is 0 Å². The Morgan fingerprint density at radius 2 is 0.918 bits per heavy atom. The van der Waals surface area contributed by atoms with Crippen LogP contribution in [0.2, 0.25) is 0 Å². The van der Waals surface area contributed by atoms with Crippen molar-refractivity contribution in [3.63, 3.8) is 0 Å². The minimum Gasteiger partial charge on any atom is -0.455 e. The second-order valence-corrected chi connectivity index (χ2v) is 12.4. The monoisotopic (exact) mass is 625 g/mol. The van der Waals surface area contributed by atoms with Gasteiger partial charge in [0.15, 0.2) is 17.5 Å². The number of furan rings is 1. The number of nitrogens with zero attached hydrogens (tertiary/aromatic N) is 3. The van der Waals surface area contributed by atoms with E-state index in [4.69, 9.17) is 19.4 Å². The second kappa shape index (κ2) is 11.0. The molecule has 228 valence electrons. The van der Waals surface area contributed by atoms with Gasteiger partial charge in [-0.3, -0.25) is 0 Å². The van der Waals surface area contributed by atoms with E-state index in [0.717, 1.165) is 49.8 Å². The van der Waals surface area contributed by atoms with Crippen molar-refractivity contribution in [2.24, 2.45) is 0 Å². The quantitative estimate of drug-likeness (QED) is 0.183. The fourth-order valence-electron chi connectivity index (χ4n) is 7.16. The van der Waals surface area contributed by atoms with E-state index in [2.05, 4.69) is 109 Å². The first-order chi connectivity index (χ1) is 24.3. The van der Waals surface area contributed by atoms with Crippen LogP contribution in [0.4, 0.5) is 0 Å². The highest BCUT2D eigenvalue weighted by Gasteiger charge is 2.21. The van der Waals surface area contributed by atoms with Gasteiger partial charge in [-0.15, -0.1) is 0 Å².